The number of methoxy groups -OCH3 is 1. The van der Waals surface area contributed by atoms with Crippen molar-refractivity contribution in [1.82, 2.24) is 19.7 Å². The predicted molar refractivity (Wildman–Crippen MR) is 134 cm³/mol. The third-order valence-corrected chi connectivity index (χ3v) is 6.27. The third-order valence-electron chi connectivity index (χ3n) is 6.27. The molecule has 1 aliphatic rings. The molecule has 0 radical (unpaired) electrons. The zero-order valence-corrected chi connectivity index (χ0v) is 20.5. The number of benzene rings is 1. The normalized spacial score (nSPS) is 16.3. The predicted octanol–water partition coefficient (Wildman–Crippen LogP) is 6.00. The molecule has 7 heteroatoms. The van der Waals surface area contributed by atoms with Crippen LogP contribution in [0.3, 0.4) is 0 Å². The molecule has 0 spiro atoms. The van der Waals surface area contributed by atoms with Gasteiger partial charge in [-0.25, -0.2) is 4.68 Å². The second-order valence-electron chi connectivity index (χ2n) is 9.24. The highest BCUT2D eigenvalue weighted by molar-refractivity contribution is 5.74. The summed E-state index contributed by atoms with van der Waals surface area (Å²) in [6.07, 6.45) is 6.87. The summed E-state index contributed by atoms with van der Waals surface area (Å²) in [4.78, 5) is 11.6. The number of anilines is 3. The monoisotopic (exact) mass is 448 g/mol. The number of piperidine rings is 1. The van der Waals surface area contributed by atoms with E-state index in [4.69, 9.17) is 14.8 Å². The van der Waals surface area contributed by atoms with E-state index < -0.39 is 0 Å². The third kappa shape index (κ3) is 5.29. The van der Waals surface area contributed by atoms with Crippen molar-refractivity contribution in [2.45, 2.75) is 59.4 Å². The van der Waals surface area contributed by atoms with E-state index in [2.05, 4.69) is 48.1 Å². The maximum absolute atomic E-state index is 5.70. The van der Waals surface area contributed by atoms with Crippen LogP contribution in [0.2, 0.25) is 0 Å². The van der Waals surface area contributed by atoms with Crippen LogP contribution in [0.5, 0.6) is 5.75 Å². The average Bonchev–Trinajstić information content (AvgIpc) is 3.23. The van der Waals surface area contributed by atoms with Gasteiger partial charge in [0, 0.05) is 42.3 Å². The fourth-order valence-corrected chi connectivity index (χ4v) is 4.67. The van der Waals surface area contributed by atoms with E-state index in [1.165, 1.54) is 25.7 Å². The van der Waals surface area contributed by atoms with Crippen LogP contribution in [-0.2, 0) is 0 Å². The zero-order chi connectivity index (χ0) is 23.4. The highest BCUT2D eigenvalue weighted by Gasteiger charge is 2.25. The molecule has 1 aromatic carbocycles. The molecule has 1 atom stereocenters. The number of hydrogen-bond donors (Lipinski definition) is 1. The molecule has 0 aliphatic carbocycles. The minimum absolute atomic E-state index is 0.237. The number of rotatable bonds is 8. The Labute approximate surface area is 197 Å². The van der Waals surface area contributed by atoms with Gasteiger partial charge < -0.3 is 15.0 Å². The highest BCUT2D eigenvalue weighted by Crippen LogP contribution is 2.34. The quantitative estimate of drug-likeness (QED) is 0.456. The molecule has 0 saturated carbocycles. The zero-order valence-electron chi connectivity index (χ0n) is 20.5. The number of aromatic nitrogens is 4. The maximum Gasteiger partial charge on any atom is 0.248 e. The summed E-state index contributed by atoms with van der Waals surface area (Å²) in [5, 5.41) is 8.20. The molecule has 3 heterocycles. The minimum atomic E-state index is 0.237. The van der Waals surface area contributed by atoms with Gasteiger partial charge in [-0.1, -0.05) is 13.3 Å². The Balaban J connectivity index is 1.58. The molecule has 3 aromatic rings. The van der Waals surface area contributed by atoms with Crippen LogP contribution in [0.4, 0.5) is 17.6 Å². The van der Waals surface area contributed by atoms with Crippen LogP contribution in [-0.4, -0.2) is 39.9 Å². The Morgan fingerprint density at radius 3 is 2.79 bits per heavy atom. The van der Waals surface area contributed by atoms with Gasteiger partial charge in [0.05, 0.1) is 13.2 Å². The van der Waals surface area contributed by atoms with Gasteiger partial charge in [-0.05, 0) is 75.8 Å². The van der Waals surface area contributed by atoms with Crippen molar-refractivity contribution in [2.75, 3.05) is 30.4 Å². The molecule has 176 valence electrons. The van der Waals surface area contributed by atoms with Crippen LogP contribution in [0.1, 0.15) is 58.2 Å². The van der Waals surface area contributed by atoms with E-state index in [0.717, 1.165) is 53.2 Å². The van der Waals surface area contributed by atoms with Gasteiger partial charge in [0.15, 0.2) is 0 Å². The molecule has 1 saturated heterocycles. The summed E-state index contributed by atoms with van der Waals surface area (Å²) in [5.41, 5.74) is 4.00. The lowest BCUT2D eigenvalue weighted by Gasteiger charge is -2.33. The molecular formula is C26H36N6O. The first-order valence-corrected chi connectivity index (χ1v) is 12.1. The summed E-state index contributed by atoms with van der Waals surface area (Å²) in [6, 6.07) is 10.4. The maximum atomic E-state index is 5.70. The molecule has 1 aliphatic heterocycles. The van der Waals surface area contributed by atoms with Crippen molar-refractivity contribution in [3.63, 3.8) is 0 Å². The number of pyridine rings is 1. The van der Waals surface area contributed by atoms with Gasteiger partial charge in [0.2, 0.25) is 11.9 Å². The first kappa shape index (κ1) is 23.1. The first-order chi connectivity index (χ1) is 16.0. The van der Waals surface area contributed by atoms with Gasteiger partial charge in [-0.2, -0.15) is 4.98 Å². The molecule has 7 nitrogen and oxygen atoms in total. The van der Waals surface area contributed by atoms with Crippen LogP contribution in [0.25, 0.3) is 11.1 Å². The summed E-state index contributed by atoms with van der Waals surface area (Å²) in [5.74, 6) is 3.12. The Morgan fingerprint density at radius 2 is 2.06 bits per heavy atom. The number of aryl methyl sites for hydroxylation is 1. The van der Waals surface area contributed by atoms with Crippen molar-refractivity contribution in [2.24, 2.45) is 5.92 Å². The van der Waals surface area contributed by atoms with E-state index in [9.17, 15) is 0 Å². The molecule has 2 aromatic heterocycles. The Bertz CT molecular complexity index is 1070. The smallest absolute Gasteiger partial charge is 0.248 e. The lowest BCUT2D eigenvalue weighted by molar-refractivity contribution is 0.378. The fraction of sp³-hybridized carbons (Fsp3) is 0.500. The van der Waals surface area contributed by atoms with Crippen LogP contribution < -0.4 is 15.0 Å². The average molecular weight is 449 g/mol. The van der Waals surface area contributed by atoms with Gasteiger partial charge in [-0.15, -0.1) is 5.10 Å². The Hall–Kier alpha value is -3.09. The minimum Gasteiger partial charge on any atom is -0.496 e. The lowest BCUT2D eigenvalue weighted by Crippen LogP contribution is -2.37. The van der Waals surface area contributed by atoms with Gasteiger partial charge >= 0.3 is 0 Å². The van der Waals surface area contributed by atoms with E-state index in [1.54, 1.807) is 7.11 Å². The number of ether oxygens (including phenoxy) is 1. The highest BCUT2D eigenvalue weighted by atomic mass is 16.5. The molecule has 33 heavy (non-hydrogen) atoms. The van der Waals surface area contributed by atoms with Crippen molar-refractivity contribution < 1.29 is 4.74 Å². The van der Waals surface area contributed by atoms with E-state index in [-0.39, 0.29) is 6.04 Å². The number of nitrogens with zero attached hydrogens (tertiary/aromatic N) is 5. The van der Waals surface area contributed by atoms with Crippen molar-refractivity contribution in [3.05, 3.63) is 42.2 Å². The number of nitrogens with one attached hydrogen (secondary N) is 1. The fourth-order valence-electron chi connectivity index (χ4n) is 4.67. The molecule has 1 unspecified atom stereocenters. The summed E-state index contributed by atoms with van der Waals surface area (Å²) in [7, 11) is 1.70. The lowest BCUT2D eigenvalue weighted by atomic mass is 9.94. The van der Waals surface area contributed by atoms with E-state index >= 15 is 0 Å². The Morgan fingerprint density at radius 1 is 1.21 bits per heavy atom. The van der Waals surface area contributed by atoms with Crippen LogP contribution in [0, 0.1) is 12.8 Å². The van der Waals surface area contributed by atoms with E-state index in [1.807, 2.05) is 36.0 Å². The summed E-state index contributed by atoms with van der Waals surface area (Å²) < 4.78 is 7.74. The molecule has 0 amide bonds. The molecular weight excluding hydrogens is 412 g/mol. The second-order valence-corrected chi connectivity index (χ2v) is 9.24. The molecule has 4 rings (SSSR count). The van der Waals surface area contributed by atoms with Gasteiger partial charge in [0.25, 0.3) is 0 Å². The van der Waals surface area contributed by atoms with Gasteiger partial charge in [-0.3, -0.25) is 4.98 Å². The summed E-state index contributed by atoms with van der Waals surface area (Å²) in [6.45, 7) is 10.7. The second kappa shape index (κ2) is 10.2. The standard InChI is InChI=1S/C26H36N6O/c1-6-8-20-9-7-14-31(17-20)26-29-25(30-32(26)18(2)3)28-22-10-11-23(24(16-22)33-5)21-12-13-27-19(4)15-21/h10-13,15-16,18,20H,6-9,14,17H2,1-5H3,(H,28,30). The van der Waals surface area contributed by atoms with Crippen molar-refractivity contribution in [3.8, 4) is 16.9 Å². The number of hydrogen-bond acceptors (Lipinski definition) is 6. The molecule has 1 fully saturated rings. The topological polar surface area (TPSA) is 68.1 Å². The Kier molecular flexibility index (Phi) is 7.16. The van der Waals surface area contributed by atoms with E-state index in [0.29, 0.717) is 5.95 Å². The largest absolute Gasteiger partial charge is 0.496 e. The van der Waals surface area contributed by atoms with Gasteiger partial charge in [0.1, 0.15) is 5.75 Å². The molecule has 0 bridgehead atoms. The van der Waals surface area contributed by atoms with Crippen molar-refractivity contribution >= 4 is 17.6 Å². The SMILES string of the molecule is CCCC1CCCN(c2nc(Nc3ccc(-c4ccnc(C)c4)c(OC)c3)nn2C(C)C)C1. The summed E-state index contributed by atoms with van der Waals surface area (Å²) >= 11 is 0. The molecule has 1 N–H and O–H groups in total. The first-order valence-electron chi connectivity index (χ1n) is 12.1. The van der Waals surface area contributed by atoms with Crippen LogP contribution in [0.15, 0.2) is 36.5 Å². The van der Waals surface area contributed by atoms with Crippen LogP contribution >= 0.6 is 0 Å². The van der Waals surface area contributed by atoms with Crippen molar-refractivity contribution in [1.29, 1.82) is 0 Å².